The molecule has 0 spiro atoms. The molecule has 0 bridgehead atoms. The number of aromatic nitrogens is 1. The number of carbonyl (C=O) groups is 1. The zero-order chi connectivity index (χ0) is 17.9. The highest BCUT2D eigenvalue weighted by atomic mass is 32.1. The maximum absolute atomic E-state index is 12.6. The Kier molecular flexibility index (Phi) is 5.33. The molecule has 4 nitrogen and oxygen atoms in total. The number of carbonyl (C=O) groups excluding carboxylic acids is 1. The van der Waals surface area contributed by atoms with E-state index in [1.807, 2.05) is 18.0 Å². The molecule has 1 atom stereocenters. The highest BCUT2D eigenvalue weighted by Gasteiger charge is 2.26. The van der Waals surface area contributed by atoms with E-state index < -0.39 is 0 Å². The van der Waals surface area contributed by atoms with Crippen molar-refractivity contribution in [2.24, 2.45) is 0 Å². The van der Waals surface area contributed by atoms with Gasteiger partial charge >= 0.3 is 0 Å². The molecule has 6 heteroatoms. The molecule has 136 valence electrons. The minimum Gasteiger partial charge on any atom is -0.340 e. The maximum Gasteiger partial charge on any atom is 0.236 e. The minimum atomic E-state index is 0.196. The summed E-state index contributed by atoms with van der Waals surface area (Å²) in [6.45, 7) is 3.12. The lowest BCUT2D eigenvalue weighted by Gasteiger charge is -2.32. The van der Waals surface area contributed by atoms with E-state index in [4.69, 9.17) is 4.98 Å². The number of para-hydroxylation sites is 1. The average Bonchev–Trinajstić information content (AvgIpc) is 3.31. The number of amides is 1. The number of thiophene rings is 1. The number of nitrogens with zero attached hydrogens (tertiary/aromatic N) is 3. The summed E-state index contributed by atoms with van der Waals surface area (Å²) in [5, 5.41) is 5.38. The van der Waals surface area contributed by atoms with Crippen molar-refractivity contribution in [3.63, 3.8) is 0 Å². The third kappa shape index (κ3) is 3.98. The van der Waals surface area contributed by atoms with Crippen molar-refractivity contribution in [2.75, 3.05) is 26.7 Å². The largest absolute Gasteiger partial charge is 0.340 e. The van der Waals surface area contributed by atoms with Gasteiger partial charge in [-0.2, -0.15) is 11.3 Å². The summed E-state index contributed by atoms with van der Waals surface area (Å²) in [6.07, 6.45) is 2.29. The van der Waals surface area contributed by atoms with Crippen molar-refractivity contribution < 1.29 is 4.79 Å². The van der Waals surface area contributed by atoms with Crippen LogP contribution in [-0.2, 0) is 11.3 Å². The Balaban J connectivity index is 1.37. The van der Waals surface area contributed by atoms with Crippen molar-refractivity contribution in [1.82, 2.24) is 14.8 Å². The van der Waals surface area contributed by atoms with Gasteiger partial charge in [-0.3, -0.25) is 9.69 Å². The van der Waals surface area contributed by atoms with Crippen molar-refractivity contribution in [3.05, 3.63) is 51.7 Å². The second-order valence-corrected chi connectivity index (χ2v) is 8.82. The summed E-state index contributed by atoms with van der Waals surface area (Å²) in [6, 6.07) is 10.4. The quantitative estimate of drug-likeness (QED) is 0.661. The average molecular weight is 386 g/mol. The molecule has 0 radical (unpaired) electrons. The molecule has 0 aliphatic carbocycles. The highest BCUT2D eigenvalue weighted by molar-refractivity contribution is 7.18. The van der Waals surface area contributed by atoms with E-state index in [-0.39, 0.29) is 5.91 Å². The zero-order valence-corrected chi connectivity index (χ0v) is 16.6. The highest BCUT2D eigenvalue weighted by Crippen LogP contribution is 2.32. The number of likely N-dealkylation sites (tertiary alicyclic amines) is 1. The summed E-state index contributed by atoms with van der Waals surface area (Å²) in [7, 11) is 1.90. The normalized spacial score (nSPS) is 18.3. The maximum atomic E-state index is 12.6. The Morgan fingerprint density at radius 1 is 1.35 bits per heavy atom. The van der Waals surface area contributed by atoms with Crippen LogP contribution in [0, 0.1) is 0 Å². The van der Waals surface area contributed by atoms with E-state index in [0.717, 1.165) is 31.4 Å². The van der Waals surface area contributed by atoms with Gasteiger partial charge in [0.1, 0.15) is 0 Å². The molecule has 1 saturated heterocycles. The number of hydrogen-bond acceptors (Lipinski definition) is 5. The van der Waals surface area contributed by atoms with Crippen molar-refractivity contribution in [2.45, 2.75) is 25.3 Å². The third-order valence-corrected chi connectivity index (χ3v) is 6.88. The number of hydrogen-bond donors (Lipinski definition) is 0. The van der Waals surface area contributed by atoms with Crippen LogP contribution in [0.25, 0.3) is 10.2 Å². The minimum absolute atomic E-state index is 0.196. The summed E-state index contributed by atoms with van der Waals surface area (Å²) in [4.78, 5) is 21.6. The molecule has 0 saturated carbocycles. The monoisotopic (exact) mass is 385 g/mol. The van der Waals surface area contributed by atoms with Crippen LogP contribution in [0.3, 0.4) is 0 Å². The first-order chi connectivity index (χ1) is 12.7. The molecule has 3 heterocycles. The van der Waals surface area contributed by atoms with E-state index in [9.17, 15) is 4.79 Å². The molecule has 2 aromatic heterocycles. The smallest absolute Gasteiger partial charge is 0.236 e. The lowest BCUT2D eigenvalue weighted by atomic mass is 9.99. The first-order valence-corrected chi connectivity index (χ1v) is 10.8. The van der Waals surface area contributed by atoms with E-state index in [2.05, 4.69) is 39.9 Å². The fourth-order valence-corrected chi connectivity index (χ4v) is 5.28. The van der Waals surface area contributed by atoms with E-state index >= 15 is 0 Å². The molecule has 1 aromatic carbocycles. The van der Waals surface area contributed by atoms with E-state index in [0.29, 0.717) is 19.0 Å². The second kappa shape index (κ2) is 7.86. The molecule has 0 N–H and O–H groups in total. The van der Waals surface area contributed by atoms with Crippen molar-refractivity contribution >= 4 is 38.8 Å². The van der Waals surface area contributed by atoms with Gasteiger partial charge in [0.2, 0.25) is 5.91 Å². The number of fused-ring (bicyclic) bond motifs is 1. The Bertz CT molecular complexity index is 841. The molecule has 1 amide bonds. The Morgan fingerprint density at radius 2 is 2.23 bits per heavy atom. The van der Waals surface area contributed by atoms with Crippen LogP contribution in [0.1, 0.15) is 29.3 Å². The molecular weight excluding hydrogens is 362 g/mol. The summed E-state index contributed by atoms with van der Waals surface area (Å²) in [5.41, 5.74) is 2.30. The number of thiazole rings is 1. The number of rotatable bonds is 5. The third-order valence-electron chi connectivity index (χ3n) is 4.95. The predicted molar refractivity (Wildman–Crippen MR) is 109 cm³/mol. The molecule has 0 unspecified atom stereocenters. The second-order valence-electron chi connectivity index (χ2n) is 6.98. The van der Waals surface area contributed by atoms with Crippen LogP contribution >= 0.6 is 22.7 Å². The van der Waals surface area contributed by atoms with Crippen LogP contribution < -0.4 is 0 Å². The molecular formula is C20H23N3OS2. The van der Waals surface area contributed by atoms with Crippen LogP contribution in [0.4, 0.5) is 0 Å². The van der Waals surface area contributed by atoms with E-state index in [1.54, 1.807) is 22.7 Å². The van der Waals surface area contributed by atoms with Crippen LogP contribution in [-0.4, -0.2) is 47.4 Å². The first kappa shape index (κ1) is 17.6. The number of piperidine rings is 1. The van der Waals surface area contributed by atoms with Gasteiger partial charge in [-0.1, -0.05) is 12.1 Å². The fourth-order valence-electron chi connectivity index (χ4n) is 3.52. The molecule has 3 aromatic rings. The molecule has 26 heavy (non-hydrogen) atoms. The van der Waals surface area contributed by atoms with Crippen LogP contribution in [0.5, 0.6) is 0 Å². The standard InChI is InChI=1S/C20H23N3OS2/c1-22(11-15-8-10-25-14-15)19(24)13-23-9-4-5-16(12-23)20-21-17-6-2-3-7-18(17)26-20/h2-3,6-8,10,14,16H,4-5,9,11-13H2,1H3/t16-/m1/s1. The SMILES string of the molecule is CN(Cc1ccsc1)C(=O)CN1CCC[C@@H](c2nc3ccccc3s2)C1. The van der Waals surface area contributed by atoms with Gasteiger partial charge in [-0.15, -0.1) is 11.3 Å². The number of likely N-dealkylation sites (N-methyl/N-ethyl adjacent to an activating group) is 1. The fraction of sp³-hybridized carbons (Fsp3) is 0.400. The Labute approximate surface area is 162 Å². The van der Waals surface area contributed by atoms with Gasteiger partial charge in [-0.05, 0) is 53.9 Å². The van der Waals surface area contributed by atoms with Gasteiger partial charge < -0.3 is 4.90 Å². The van der Waals surface area contributed by atoms with Gasteiger partial charge in [0, 0.05) is 26.1 Å². The van der Waals surface area contributed by atoms with Crippen molar-refractivity contribution in [3.8, 4) is 0 Å². The number of benzene rings is 1. The van der Waals surface area contributed by atoms with Gasteiger partial charge in [0.15, 0.2) is 0 Å². The van der Waals surface area contributed by atoms with Gasteiger partial charge in [0.25, 0.3) is 0 Å². The topological polar surface area (TPSA) is 36.4 Å². The lowest BCUT2D eigenvalue weighted by molar-refractivity contribution is -0.131. The van der Waals surface area contributed by atoms with Crippen LogP contribution in [0.15, 0.2) is 41.1 Å². The Hall–Kier alpha value is -1.76. The summed E-state index contributed by atoms with van der Waals surface area (Å²) in [5.74, 6) is 0.636. The summed E-state index contributed by atoms with van der Waals surface area (Å²) < 4.78 is 1.26. The summed E-state index contributed by atoms with van der Waals surface area (Å²) >= 11 is 3.48. The molecule has 1 fully saturated rings. The Morgan fingerprint density at radius 3 is 3.04 bits per heavy atom. The van der Waals surface area contributed by atoms with Gasteiger partial charge in [0.05, 0.1) is 21.8 Å². The molecule has 1 aliphatic rings. The van der Waals surface area contributed by atoms with Crippen molar-refractivity contribution in [1.29, 1.82) is 0 Å². The van der Waals surface area contributed by atoms with Crippen LogP contribution in [0.2, 0.25) is 0 Å². The molecule has 1 aliphatic heterocycles. The zero-order valence-electron chi connectivity index (χ0n) is 14.9. The van der Waals surface area contributed by atoms with Gasteiger partial charge in [-0.25, -0.2) is 4.98 Å². The lowest BCUT2D eigenvalue weighted by Crippen LogP contribution is -2.42. The molecule has 4 rings (SSSR count). The predicted octanol–water partition coefficient (Wildman–Crippen LogP) is 4.20. The first-order valence-electron chi connectivity index (χ1n) is 9.02. The van der Waals surface area contributed by atoms with E-state index in [1.165, 1.54) is 15.3 Å².